The quantitative estimate of drug-likeness (QED) is 0.246. The van der Waals surface area contributed by atoms with Gasteiger partial charge in [-0.3, -0.25) is 9.69 Å². The Kier molecular flexibility index (Phi) is 14.0. The lowest BCUT2D eigenvalue weighted by atomic mass is 10.0. The molecule has 1 aliphatic rings. The zero-order valence-corrected chi connectivity index (χ0v) is 23.6. The van der Waals surface area contributed by atoms with Crippen molar-refractivity contribution >= 4 is 12.0 Å². The van der Waals surface area contributed by atoms with E-state index >= 15 is 4.39 Å². The molecule has 0 radical (unpaired) electrons. The van der Waals surface area contributed by atoms with Crippen molar-refractivity contribution in [3.8, 4) is 0 Å². The average Bonchev–Trinajstić information content (AvgIpc) is 2.79. The van der Waals surface area contributed by atoms with Crippen molar-refractivity contribution in [3.63, 3.8) is 0 Å². The lowest BCUT2D eigenvalue weighted by molar-refractivity contribution is -0.440. The third-order valence-corrected chi connectivity index (χ3v) is 5.65. The van der Waals surface area contributed by atoms with E-state index in [1.54, 1.807) is 31.7 Å². The normalized spacial score (nSPS) is 19.6. The van der Waals surface area contributed by atoms with Crippen molar-refractivity contribution in [1.29, 1.82) is 0 Å². The molecule has 1 aliphatic carbocycles. The molecule has 1 unspecified atom stereocenters. The van der Waals surface area contributed by atoms with Gasteiger partial charge in [-0.25, -0.2) is 9.18 Å². The van der Waals surface area contributed by atoms with Crippen LogP contribution in [0.2, 0.25) is 0 Å². The van der Waals surface area contributed by atoms with Gasteiger partial charge in [0.25, 0.3) is 0 Å². The molecule has 0 saturated heterocycles. The lowest BCUT2D eigenvalue weighted by Gasteiger charge is -2.32. The zero-order chi connectivity index (χ0) is 28.9. The molecule has 38 heavy (non-hydrogen) atoms. The SMILES string of the molecule is CCCC(C(=O)NCCN(CC)C(=O)OC(C)(C)C)N(CCC)CC1=C(F)/C=C\CC/C=C\1OC(O)(O)O. The molecule has 10 nitrogen and oxygen atoms in total. The van der Waals surface area contributed by atoms with Gasteiger partial charge < -0.3 is 35.0 Å². The first-order chi connectivity index (χ1) is 17.7. The van der Waals surface area contributed by atoms with E-state index in [1.165, 1.54) is 17.1 Å². The van der Waals surface area contributed by atoms with Crippen LogP contribution in [0.25, 0.3) is 0 Å². The molecule has 1 rings (SSSR count). The number of nitrogens with one attached hydrogen (secondary N) is 1. The Balaban J connectivity index is 3.08. The summed E-state index contributed by atoms with van der Waals surface area (Å²) in [6.07, 6.45) is 3.24. The molecule has 0 saturated carbocycles. The molecule has 0 aliphatic heterocycles. The van der Waals surface area contributed by atoms with Gasteiger partial charge in [-0.1, -0.05) is 26.3 Å². The fourth-order valence-corrected chi connectivity index (χ4v) is 3.97. The molecule has 0 bridgehead atoms. The van der Waals surface area contributed by atoms with Crippen LogP contribution in [0.3, 0.4) is 0 Å². The highest BCUT2D eigenvalue weighted by molar-refractivity contribution is 5.81. The van der Waals surface area contributed by atoms with Gasteiger partial charge in [0.1, 0.15) is 17.2 Å². The number of likely N-dealkylation sites (N-methyl/N-ethyl adjacent to an activating group) is 1. The molecular formula is C27H46FN3O7. The number of allylic oxidation sites excluding steroid dienone is 4. The maximum absolute atomic E-state index is 15.1. The number of ether oxygens (including phenoxy) is 2. The molecule has 2 amide bonds. The minimum Gasteiger partial charge on any atom is -0.444 e. The number of halogens is 1. The predicted octanol–water partition coefficient (Wildman–Crippen LogP) is 3.30. The van der Waals surface area contributed by atoms with Crippen LogP contribution in [0.1, 0.15) is 73.6 Å². The van der Waals surface area contributed by atoms with Gasteiger partial charge in [-0.05, 0) is 72.1 Å². The molecule has 4 N–H and O–H groups in total. The predicted molar refractivity (Wildman–Crippen MR) is 142 cm³/mol. The maximum atomic E-state index is 15.1. The Bertz CT molecular complexity index is 860. The second-order valence-electron chi connectivity index (χ2n) is 10.2. The first-order valence-corrected chi connectivity index (χ1v) is 13.3. The zero-order valence-electron chi connectivity index (χ0n) is 23.6. The van der Waals surface area contributed by atoms with Gasteiger partial charge in [0.05, 0.1) is 6.04 Å². The topological polar surface area (TPSA) is 132 Å². The number of aliphatic hydroxyl groups is 3. The van der Waals surface area contributed by atoms with Crippen LogP contribution in [0.5, 0.6) is 0 Å². The highest BCUT2D eigenvalue weighted by atomic mass is 19.1. The number of rotatable bonds is 14. The van der Waals surface area contributed by atoms with Gasteiger partial charge in [0.2, 0.25) is 5.91 Å². The van der Waals surface area contributed by atoms with Gasteiger partial charge in [0, 0.05) is 31.8 Å². The summed E-state index contributed by atoms with van der Waals surface area (Å²) in [4.78, 5) is 29.0. The smallest absolute Gasteiger partial charge is 0.444 e. The third-order valence-electron chi connectivity index (χ3n) is 5.65. The van der Waals surface area contributed by atoms with Gasteiger partial charge in [0.15, 0.2) is 0 Å². The molecule has 1 atom stereocenters. The van der Waals surface area contributed by atoms with Crippen molar-refractivity contribution < 1.29 is 38.8 Å². The van der Waals surface area contributed by atoms with Crippen LogP contribution in [0, 0.1) is 0 Å². The lowest BCUT2D eigenvalue weighted by Crippen LogP contribution is -2.50. The van der Waals surface area contributed by atoms with Crippen LogP contribution in [0.15, 0.2) is 35.4 Å². The summed E-state index contributed by atoms with van der Waals surface area (Å²) >= 11 is 0. The summed E-state index contributed by atoms with van der Waals surface area (Å²) < 4.78 is 25.4. The number of hydrogen-bond acceptors (Lipinski definition) is 8. The van der Waals surface area contributed by atoms with Crippen LogP contribution >= 0.6 is 0 Å². The Morgan fingerprint density at radius 2 is 1.79 bits per heavy atom. The van der Waals surface area contributed by atoms with Crippen molar-refractivity contribution in [2.45, 2.75) is 91.4 Å². The summed E-state index contributed by atoms with van der Waals surface area (Å²) in [6.45, 7) is 12.3. The molecule has 0 aromatic carbocycles. The van der Waals surface area contributed by atoms with E-state index in [4.69, 9.17) is 9.47 Å². The van der Waals surface area contributed by atoms with Crippen molar-refractivity contribution in [1.82, 2.24) is 15.1 Å². The Hall–Kier alpha value is -2.47. The summed E-state index contributed by atoms with van der Waals surface area (Å²) in [5.74, 6) is -1.13. The Morgan fingerprint density at radius 3 is 2.34 bits per heavy atom. The van der Waals surface area contributed by atoms with Crippen LogP contribution in [0.4, 0.5) is 9.18 Å². The minimum absolute atomic E-state index is 0.00749. The molecule has 11 heteroatoms. The maximum Gasteiger partial charge on any atom is 0.453 e. The van der Waals surface area contributed by atoms with Crippen molar-refractivity contribution in [3.05, 3.63) is 35.4 Å². The molecule has 0 spiro atoms. The molecule has 218 valence electrons. The number of hydrogen-bond donors (Lipinski definition) is 4. The highest BCUT2D eigenvalue weighted by Gasteiger charge is 2.31. The fourth-order valence-electron chi connectivity index (χ4n) is 3.97. The second kappa shape index (κ2) is 15.8. The molecular weight excluding hydrogens is 497 g/mol. The van der Waals surface area contributed by atoms with E-state index in [1.807, 2.05) is 20.8 Å². The molecule has 0 aromatic heterocycles. The summed E-state index contributed by atoms with van der Waals surface area (Å²) in [6, 6.07) is -0.616. The average molecular weight is 544 g/mol. The summed E-state index contributed by atoms with van der Waals surface area (Å²) in [5, 5.41) is 31.1. The number of amides is 2. The molecule has 0 aromatic rings. The fraction of sp³-hybridized carbons (Fsp3) is 0.704. The summed E-state index contributed by atoms with van der Waals surface area (Å²) in [5.41, 5.74) is -0.637. The van der Waals surface area contributed by atoms with Crippen molar-refractivity contribution in [2.75, 3.05) is 32.7 Å². The van der Waals surface area contributed by atoms with E-state index in [0.717, 1.165) is 0 Å². The van der Waals surface area contributed by atoms with Crippen LogP contribution in [-0.2, 0) is 14.3 Å². The van der Waals surface area contributed by atoms with E-state index < -0.39 is 29.7 Å². The van der Waals surface area contributed by atoms with Gasteiger partial charge in [-0.15, -0.1) is 0 Å². The van der Waals surface area contributed by atoms with Crippen molar-refractivity contribution in [2.24, 2.45) is 0 Å². The standard InChI is InChI=1S/C27H46FN3O7/c1-7-13-22(24(32)29-16-18-30(9-3)25(33)38-26(4,5)6)31(17-8-2)19-20-21(28)14-11-10-12-15-23(20)37-27(34,35)36/h11,14-15,22,34-36H,7-10,12-13,16-19H2,1-6H3,(H,29,32)/b14-11-,21-20+,23-15+. The summed E-state index contributed by atoms with van der Waals surface area (Å²) in [7, 11) is 0. The first-order valence-electron chi connectivity index (χ1n) is 13.3. The van der Waals surface area contributed by atoms with E-state index in [2.05, 4.69) is 5.32 Å². The number of carbonyl (C=O) groups is 2. The van der Waals surface area contributed by atoms with E-state index in [9.17, 15) is 24.9 Å². The molecule has 0 heterocycles. The van der Waals surface area contributed by atoms with E-state index in [-0.39, 0.29) is 36.9 Å². The highest BCUT2D eigenvalue weighted by Crippen LogP contribution is 2.27. The molecule has 0 fully saturated rings. The van der Waals surface area contributed by atoms with E-state index in [0.29, 0.717) is 45.2 Å². The van der Waals surface area contributed by atoms with Crippen LogP contribution in [-0.4, -0.2) is 87.6 Å². The van der Waals surface area contributed by atoms with Gasteiger partial charge >= 0.3 is 12.3 Å². The van der Waals surface area contributed by atoms with Gasteiger partial charge in [-0.2, -0.15) is 0 Å². The second-order valence-corrected chi connectivity index (χ2v) is 10.2. The monoisotopic (exact) mass is 543 g/mol. The Labute approximate surface area is 225 Å². The third kappa shape index (κ3) is 12.4. The first kappa shape index (κ1) is 33.6. The number of carbonyl (C=O) groups excluding carboxylic acids is 2. The van der Waals surface area contributed by atoms with Crippen LogP contribution < -0.4 is 5.32 Å². The minimum atomic E-state index is -3.48. The largest absolute Gasteiger partial charge is 0.453 e. The Morgan fingerprint density at radius 1 is 1.11 bits per heavy atom. The number of nitrogens with zero attached hydrogens (tertiary/aromatic N) is 2.